The summed E-state index contributed by atoms with van der Waals surface area (Å²) in [5.74, 6) is 0.540. The quantitative estimate of drug-likeness (QED) is 0.445. The van der Waals surface area contributed by atoms with Gasteiger partial charge in [-0.25, -0.2) is 4.98 Å². The van der Waals surface area contributed by atoms with E-state index in [4.69, 9.17) is 16.3 Å². The molecular weight excluding hydrogens is 406 g/mol. The van der Waals surface area contributed by atoms with Gasteiger partial charge in [-0.05, 0) is 29.3 Å². The number of aromatic nitrogens is 2. The van der Waals surface area contributed by atoms with E-state index in [1.54, 1.807) is 13.2 Å². The first-order chi connectivity index (χ1) is 14.2. The van der Waals surface area contributed by atoms with Gasteiger partial charge in [-0.1, -0.05) is 54.1 Å². The molecule has 2 aromatic heterocycles. The number of halogens is 1. The summed E-state index contributed by atoms with van der Waals surface area (Å²) in [6.07, 6.45) is 5.04. The first-order valence-corrected chi connectivity index (χ1v) is 10.2. The molecule has 5 nitrogen and oxygen atoms in total. The van der Waals surface area contributed by atoms with Gasteiger partial charge in [-0.2, -0.15) is 0 Å². The number of imidazole rings is 1. The molecule has 0 aliphatic heterocycles. The van der Waals surface area contributed by atoms with Crippen LogP contribution in [0.15, 0.2) is 72.3 Å². The van der Waals surface area contributed by atoms with Crippen LogP contribution in [0.25, 0.3) is 11.0 Å². The number of hydrogen-bond donors (Lipinski definition) is 1. The van der Waals surface area contributed by atoms with Crippen LogP contribution in [0, 0.1) is 0 Å². The van der Waals surface area contributed by atoms with Gasteiger partial charge in [0.25, 0.3) is 0 Å². The number of carbonyl (C=O) groups is 1. The van der Waals surface area contributed by atoms with E-state index in [9.17, 15) is 4.79 Å². The van der Waals surface area contributed by atoms with Crippen molar-refractivity contribution in [3.05, 3.63) is 94.2 Å². The molecule has 2 aromatic carbocycles. The molecule has 0 bridgehead atoms. The predicted molar refractivity (Wildman–Crippen MR) is 117 cm³/mol. The average Bonchev–Trinajstić information content (AvgIpc) is 3.32. The lowest BCUT2D eigenvalue weighted by atomic mass is 9.98. The van der Waals surface area contributed by atoms with Gasteiger partial charge in [0.15, 0.2) is 10.1 Å². The highest BCUT2D eigenvalue weighted by molar-refractivity contribution is 7.15. The lowest BCUT2D eigenvalue weighted by molar-refractivity contribution is -0.116. The van der Waals surface area contributed by atoms with Gasteiger partial charge in [-0.15, -0.1) is 11.3 Å². The fraction of sp³-hybridized carbons (Fsp3) is 0.0909. The summed E-state index contributed by atoms with van der Waals surface area (Å²) in [7, 11) is 1.63. The number of hydrogen-bond acceptors (Lipinski definition) is 4. The van der Waals surface area contributed by atoms with Crippen LogP contribution in [0.2, 0.25) is 5.15 Å². The molecule has 1 N–H and O–H groups in total. The number of fused-ring (bicyclic) bond motifs is 1. The number of carbonyl (C=O) groups excluding carboxylic acids is 1. The fourth-order valence-electron chi connectivity index (χ4n) is 3.07. The third-order valence-corrected chi connectivity index (χ3v) is 5.55. The van der Waals surface area contributed by atoms with E-state index in [1.807, 2.05) is 70.6 Å². The number of benzene rings is 2. The zero-order chi connectivity index (χ0) is 20.2. The molecule has 29 heavy (non-hydrogen) atoms. The van der Waals surface area contributed by atoms with Crippen LogP contribution in [0.4, 0.5) is 0 Å². The molecule has 0 aliphatic rings. The highest BCUT2D eigenvalue weighted by Gasteiger charge is 2.16. The standard InChI is InChI=1S/C22H18ClN3O2S/c1-28-17-9-7-16(8-10-17)20(15-5-3-2-4-6-15)24-19(27)12-11-18-21(23)25-22-26(18)13-14-29-22/h2-14,20H,1H3,(H,24,27)/b12-11+. The second-order valence-electron chi connectivity index (χ2n) is 6.30. The average molecular weight is 424 g/mol. The van der Waals surface area contributed by atoms with Crippen molar-refractivity contribution in [3.63, 3.8) is 0 Å². The van der Waals surface area contributed by atoms with Crippen LogP contribution in [0.5, 0.6) is 5.75 Å². The number of thiazole rings is 1. The fourth-order valence-corrected chi connectivity index (χ4v) is 4.08. The smallest absolute Gasteiger partial charge is 0.244 e. The third-order valence-electron chi connectivity index (χ3n) is 4.52. The van der Waals surface area contributed by atoms with Gasteiger partial charge >= 0.3 is 0 Å². The van der Waals surface area contributed by atoms with Crippen LogP contribution in [0.1, 0.15) is 22.9 Å². The Kier molecular flexibility index (Phi) is 5.64. The number of nitrogens with zero attached hydrogens (tertiary/aromatic N) is 2. The van der Waals surface area contributed by atoms with E-state index in [0.29, 0.717) is 10.8 Å². The number of ether oxygens (including phenoxy) is 1. The molecule has 1 atom stereocenters. The van der Waals surface area contributed by atoms with Gasteiger partial charge in [0.1, 0.15) is 5.75 Å². The summed E-state index contributed by atoms with van der Waals surface area (Å²) < 4.78 is 7.09. The number of nitrogens with one attached hydrogen (secondary N) is 1. The second-order valence-corrected chi connectivity index (χ2v) is 7.53. The van der Waals surface area contributed by atoms with E-state index >= 15 is 0 Å². The second kappa shape index (κ2) is 8.51. The molecule has 0 radical (unpaired) electrons. The molecule has 2 heterocycles. The molecule has 0 aliphatic carbocycles. The molecule has 0 spiro atoms. The zero-order valence-electron chi connectivity index (χ0n) is 15.6. The topological polar surface area (TPSA) is 55.6 Å². The molecule has 4 rings (SSSR count). The van der Waals surface area contributed by atoms with Crippen molar-refractivity contribution in [3.8, 4) is 5.75 Å². The largest absolute Gasteiger partial charge is 0.497 e. The molecule has 7 heteroatoms. The normalized spacial score (nSPS) is 12.3. The minimum Gasteiger partial charge on any atom is -0.497 e. The Hall–Kier alpha value is -3.09. The molecule has 146 valence electrons. The lowest BCUT2D eigenvalue weighted by Gasteiger charge is -2.19. The maximum Gasteiger partial charge on any atom is 0.244 e. The van der Waals surface area contributed by atoms with Crippen molar-refractivity contribution in [2.24, 2.45) is 0 Å². The highest BCUT2D eigenvalue weighted by Crippen LogP contribution is 2.25. The van der Waals surface area contributed by atoms with Crippen molar-refractivity contribution in [2.75, 3.05) is 7.11 Å². The Labute approximate surface area is 177 Å². The maximum atomic E-state index is 12.7. The van der Waals surface area contributed by atoms with Gasteiger partial charge in [0, 0.05) is 17.7 Å². The molecule has 4 aromatic rings. The summed E-state index contributed by atoms with van der Waals surface area (Å²) >= 11 is 7.69. The van der Waals surface area contributed by atoms with Crippen LogP contribution in [-0.4, -0.2) is 22.4 Å². The molecule has 0 saturated heterocycles. The van der Waals surface area contributed by atoms with Crippen LogP contribution >= 0.6 is 22.9 Å². The van der Waals surface area contributed by atoms with Crippen molar-refractivity contribution in [2.45, 2.75) is 6.04 Å². The first kappa shape index (κ1) is 19.2. The summed E-state index contributed by atoms with van der Waals surface area (Å²) in [5, 5.41) is 5.37. The van der Waals surface area contributed by atoms with Gasteiger partial charge in [0.2, 0.25) is 5.91 Å². The van der Waals surface area contributed by atoms with Gasteiger partial charge < -0.3 is 10.1 Å². The lowest BCUT2D eigenvalue weighted by Crippen LogP contribution is -2.27. The first-order valence-electron chi connectivity index (χ1n) is 8.94. The monoisotopic (exact) mass is 423 g/mol. The number of rotatable bonds is 6. The zero-order valence-corrected chi connectivity index (χ0v) is 17.2. The van der Waals surface area contributed by atoms with E-state index in [2.05, 4.69) is 10.3 Å². The summed E-state index contributed by atoms with van der Waals surface area (Å²) in [6, 6.07) is 17.2. The molecule has 0 saturated carbocycles. The van der Waals surface area contributed by atoms with E-state index < -0.39 is 0 Å². The van der Waals surface area contributed by atoms with Crippen molar-refractivity contribution in [1.82, 2.24) is 14.7 Å². The van der Waals surface area contributed by atoms with Crippen molar-refractivity contribution in [1.29, 1.82) is 0 Å². The maximum absolute atomic E-state index is 12.7. The summed E-state index contributed by atoms with van der Waals surface area (Å²) in [5.41, 5.74) is 2.63. The minimum atomic E-state index is -0.290. The number of amides is 1. The Morgan fingerprint density at radius 1 is 1.17 bits per heavy atom. The Balaban J connectivity index is 1.59. The SMILES string of the molecule is COc1ccc(C(NC(=O)/C=C/c2c(Cl)nc3sccn23)c2ccccc2)cc1. The Morgan fingerprint density at radius 3 is 2.62 bits per heavy atom. The van der Waals surface area contributed by atoms with Gasteiger partial charge in [-0.3, -0.25) is 9.20 Å². The summed E-state index contributed by atoms with van der Waals surface area (Å²) in [6.45, 7) is 0. The Morgan fingerprint density at radius 2 is 1.90 bits per heavy atom. The van der Waals surface area contributed by atoms with E-state index in [0.717, 1.165) is 21.8 Å². The molecular formula is C22H18ClN3O2S. The van der Waals surface area contributed by atoms with Gasteiger partial charge in [0.05, 0.1) is 18.8 Å². The predicted octanol–water partition coefficient (Wildman–Crippen LogP) is 4.98. The molecule has 1 amide bonds. The van der Waals surface area contributed by atoms with Crippen molar-refractivity contribution >= 4 is 39.9 Å². The van der Waals surface area contributed by atoms with Crippen LogP contribution in [0.3, 0.4) is 0 Å². The van der Waals surface area contributed by atoms with Crippen LogP contribution < -0.4 is 10.1 Å². The molecule has 0 fully saturated rings. The van der Waals surface area contributed by atoms with Crippen molar-refractivity contribution < 1.29 is 9.53 Å². The number of methoxy groups -OCH3 is 1. The Bertz CT molecular complexity index is 1150. The molecule has 1 unspecified atom stereocenters. The van der Waals surface area contributed by atoms with E-state index in [-0.39, 0.29) is 11.9 Å². The van der Waals surface area contributed by atoms with E-state index in [1.165, 1.54) is 17.4 Å². The van der Waals surface area contributed by atoms with Crippen LogP contribution in [-0.2, 0) is 4.79 Å². The minimum absolute atomic E-state index is 0.226. The summed E-state index contributed by atoms with van der Waals surface area (Å²) in [4.78, 5) is 17.8. The third kappa shape index (κ3) is 4.18. The highest BCUT2D eigenvalue weighted by atomic mass is 35.5.